The fourth-order valence-electron chi connectivity index (χ4n) is 2.34. The van der Waals surface area contributed by atoms with Crippen LogP contribution in [0.15, 0.2) is 24.5 Å². The smallest absolute Gasteiger partial charge is 0.414 e. The summed E-state index contributed by atoms with van der Waals surface area (Å²) in [4.78, 5) is 18.4. The molecule has 0 aliphatic carbocycles. The highest BCUT2D eigenvalue weighted by molar-refractivity contribution is 5.83. The van der Waals surface area contributed by atoms with Crippen molar-refractivity contribution in [2.75, 3.05) is 13.7 Å². The first kappa shape index (κ1) is 16.3. The van der Waals surface area contributed by atoms with Crippen molar-refractivity contribution in [2.24, 2.45) is 5.92 Å². The van der Waals surface area contributed by atoms with Crippen molar-refractivity contribution in [1.82, 2.24) is 9.88 Å². The maximum atomic E-state index is 12.5. The van der Waals surface area contributed by atoms with E-state index in [9.17, 15) is 4.79 Å². The lowest BCUT2D eigenvalue weighted by atomic mass is 9.99. The predicted molar refractivity (Wildman–Crippen MR) is 85.5 cm³/mol. The molecule has 0 saturated heterocycles. The number of pyridine rings is 1. The fourth-order valence-corrected chi connectivity index (χ4v) is 2.34. The number of ether oxygens (including phenoxy) is 2. The topological polar surface area (TPSA) is 51.7 Å². The zero-order valence-corrected chi connectivity index (χ0v) is 13.9. The molecule has 2 rings (SSSR count). The van der Waals surface area contributed by atoms with Crippen LogP contribution in [0.25, 0.3) is 5.70 Å². The molecule has 2 heterocycles. The van der Waals surface area contributed by atoms with E-state index in [1.165, 1.54) is 0 Å². The summed E-state index contributed by atoms with van der Waals surface area (Å²) >= 11 is 0. The van der Waals surface area contributed by atoms with Crippen molar-refractivity contribution in [3.05, 3.63) is 30.1 Å². The Morgan fingerprint density at radius 3 is 2.73 bits per heavy atom. The maximum Gasteiger partial charge on any atom is 0.414 e. The van der Waals surface area contributed by atoms with Crippen molar-refractivity contribution in [3.63, 3.8) is 0 Å². The largest absolute Gasteiger partial charge is 0.495 e. The first-order valence-electron chi connectivity index (χ1n) is 7.50. The Morgan fingerprint density at radius 2 is 2.09 bits per heavy atom. The number of methoxy groups -OCH3 is 1. The monoisotopic (exact) mass is 304 g/mol. The Kier molecular flexibility index (Phi) is 4.74. The van der Waals surface area contributed by atoms with Crippen LogP contribution in [0.4, 0.5) is 4.79 Å². The highest BCUT2D eigenvalue weighted by Gasteiger charge is 2.29. The van der Waals surface area contributed by atoms with Crippen LogP contribution in [0.5, 0.6) is 5.75 Å². The van der Waals surface area contributed by atoms with Crippen molar-refractivity contribution < 1.29 is 14.3 Å². The third-order valence-electron chi connectivity index (χ3n) is 3.36. The second-order valence-electron chi connectivity index (χ2n) is 6.63. The number of rotatable bonds is 2. The van der Waals surface area contributed by atoms with Gasteiger partial charge >= 0.3 is 6.09 Å². The second kappa shape index (κ2) is 6.38. The van der Waals surface area contributed by atoms with Gasteiger partial charge in [0.1, 0.15) is 11.4 Å². The summed E-state index contributed by atoms with van der Waals surface area (Å²) < 4.78 is 10.7. The molecule has 0 N–H and O–H groups in total. The minimum atomic E-state index is -0.518. The molecule has 5 nitrogen and oxygen atoms in total. The number of aromatic nitrogens is 1. The molecule has 1 atom stereocenters. The zero-order chi connectivity index (χ0) is 16.3. The molecule has 0 saturated carbocycles. The quantitative estimate of drug-likeness (QED) is 0.836. The van der Waals surface area contributed by atoms with E-state index in [1.807, 2.05) is 26.8 Å². The molecule has 0 fully saturated rings. The highest BCUT2D eigenvalue weighted by atomic mass is 16.6. The van der Waals surface area contributed by atoms with Crippen molar-refractivity contribution >= 4 is 11.8 Å². The lowest BCUT2D eigenvalue weighted by Gasteiger charge is -2.33. The first-order chi connectivity index (χ1) is 10.3. The number of nitrogens with zero attached hydrogens (tertiary/aromatic N) is 2. The van der Waals surface area contributed by atoms with Gasteiger partial charge in [-0.05, 0) is 39.2 Å². The minimum absolute atomic E-state index is 0.326. The van der Waals surface area contributed by atoms with E-state index in [0.717, 1.165) is 17.7 Å². The van der Waals surface area contributed by atoms with Gasteiger partial charge in [0.05, 0.1) is 19.0 Å². The van der Waals surface area contributed by atoms with E-state index >= 15 is 0 Å². The summed E-state index contributed by atoms with van der Waals surface area (Å²) in [6, 6.07) is 1.88. The Morgan fingerprint density at radius 1 is 1.36 bits per heavy atom. The van der Waals surface area contributed by atoms with Gasteiger partial charge in [0.25, 0.3) is 0 Å². The third kappa shape index (κ3) is 4.00. The number of amides is 1. The maximum absolute atomic E-state index is 12.5. The minimum Gasteiger partial charge on any atom is -0.495 e. The average Bonchev–Trinajstić information content (AvgIpc) is 2.45. The van der Waals surface area contributed by atoms with E-state index < -0.39 is 5.60 Å². The van der Waals surface area contributed by atoms with Crippen molar-refractivity contribution in [3.8, 4) is 5.75 Å². The van der Waals surface area contributed by atoms with E-state index in [1.54, 1.807) is 24.4 Å². The van der Waals surface area contributed by atoms with Crippen LogP contribution < -0.4 is 4.74 Å². The Bertz CT molecular complexity index is 576. The zero-order valence-electron chi connectivity index (χ0n) is 13.9. The number of hydrogen-bond donors (Lipinski definition) is 0. The Hall–Kier alpha value is -2.04. The number of carbonyl (C=O) groups is 1. The number of allylic oxidation sites excluding steroid dienone is 1. The summed E-state index contributed by atoms with van der Waals surface area (Å²) in [5.41, 5.74) is 1.17. The van der Waals surface area contributed by atoms with Gasteiger partial charge in [-0.15, -0.1) is 0 Å². The molecule has 120 valence electrons. The van der Waals surface area contributed by atoms with Gasteiger partial charge in [-0.3, -0.25) is 9.88 Å². The summed E-state index contributed by atoms with van der Waals surface area (Å²) in [6.07, 6.45) is 6.04. The van der Waals surface area contributed by atoms with Gasteiger partial charge in [0, 0.05) is 18.3 Å². The van der Waals surface area contributed by atoms with Gasteiger partial charge in [0.15, 0.2) is 0 Å². The van der Waals surface area contributed by atoms with E-state index in [2.05, 4.69) is 18.0 Å². The lowest BCUT2D eigenvalue weighted by molar-refractivity contribution is 0.0327. The van der Waals surface area contributed by atoms with Crippen LogP contribution in [0, 0.1) is 5.92 Å². The van der Waals surface area contributed by atoms with Crippen molar-refractivity contribution in [2.45, 2.75) is 39.7 Å². The standard InChI is InChI=1S/C17H24N2O3/c1-12-6-7-15(13-8-14(21-5)10-18-9-13)19(11-12)16(20)22-17(2,3)4/h7-10,12H,6,11H2,1-5H3/t12-/m0/s1. The first-order valence-corrected chi connectivity index (χ1v) is 7.50. The van der Waals surface area contributed by atoms with E-state index in [-0.39, 0.29) is 6.09 Å². The van der Waals surface area contributed by atoms with E-state index in [0.29, 0.717) is 18.2 Å². The molecule has 1 aromatic rings. The Labute approximate surface area is 131 Å². The lowest BCUT2D eigenvalue weighted by Crippen LogP contribution is -2.39. The molecule has 0 bridgehead atoms. The summed E-state index contributed by atoms with van der Waals surface area (Å²) in [7, 11) is 1.60. The fraction of sp³-hybridized carbons (Fsp3) is 0.529. The second-order valence-corrected chi connectivity index (χ2v) is 6.63. The molecule has 1 aromatic heterocycles. The normalized spacial score (nSPS) is 18.7. The van der Waals surface area contributed by atoms with Crippen molar-refractivity contribution in [1.29, 1.82) is 0 Å². The van der Waals surface area contributed by atoms with Crippen LogP contribution in [0.1, 0.15) is 39.7 Å². The molecule has 0 aromatic carbocycles. The van der Waals surface area contributed by atoms with Gasteiger partial charge in [-0.2, -0.15) is 0 Å². The van der Waals surface area contributed by atoms with Gasteiger partial charge in [0.2, 0.25) is 0 Å². The highest BCUT2D eigenvalue weighted by Crippen LogP contribution is 2.30. The summed E-state index contributed by atoms with van der Waals surface area (Å²) in [6.45, 7) is 8.37. The van der Waals surface area contributed by atoms with Crippen LogP contribution >= 0.6 is 0 Å². The molecular formula is C17H24N2O3. The average molecular weight is 304 g/mol. The van der Waals surface area contributed by atoms with E-state index in [4.69, 9.17) is 9.47 Å². The number of carbonyl (C=O) groups excluding carboxylic acids is 1. The van der Waals surface area contributed by atoms with Crippen LogP contribution in [0.3, 0.4) is 0 Å². The summed E-state index contributed by atoms with van der Waals surface area (Å²) in [5.74, 6) is 1.07. The van der Waals surface area contributed by atoms with Gasteiger partial charge in [-0.1, -0.05) is 13.0 Å². The van der Waals surface area contributed by atoms with Crippen LogP contribution in [0.2, 0.25) is 0 Å². The predicted octanol–water partition coefficient (Wildman–Crippen LogP) is 3.71. The molecular weight excluding hydrogens is 280 g/mol. The molecule has 22 heavy (non-hydrogen) atoms. The van der Waals surface area contributed by atoms with Gasteiger partial charge < -0.3 is 9.47 Å². The molecule has 1 aliphatic heterocycles. The number of hydrogen-bond acceptors (Lipinski definition) is 4. The molecule has 1 aliphatic rings. The SMILES string of the molecule is COc1cncc(C2=CC[C@H](C)CN2C(=O)OC(C)(C)C)c1. The molecule has 1 amide bonds. The molecule has 0 radical (unpaired) electrons. The van der Waals surface area contributed by atoms with Gasteiger partial charge in [-0.25, -0.2) is 4.79 Å². The molecule has 0 spiro atoms. The summed E-state index contributed by atoms with van der Waals surface area (Å²) in [5, 5.41) is 0. The molecule has 5 heteroatoms. The van der Waals surface area contributed by atoms with Crippen LogP contribution in [-0.2, 0) is 4.74 Å². The van der Waals surface area contributed by atoms with Crippen LogP contribution in [-0.4, -0.2) is 35.2 Å². The molecule has 0 unspecified atom stereocenters. The Balaban J connectivity index is 2.31. The third-order valence-corrected chi connectivity index (χ3v) is 3.36.